The fraction of sp³-hybridized carbons (Fsp3) is 0.765. The summed E-state index contributed by atoms with van der Waals surface area (Å²) in [5.41, 5.74) is 1.07. The van der Waals surface area contributed by atoms with Crippen LogP contribution in [0.1, 0.15) is 31.9 Å². The first-order valence-corrected chi connectivity index (χ1v) is 8.81. The Morgan fingerprint density at radius 3 is 2.70 bits per heavy atom. The number of ether oxygens (including phenoxy) is 1. The highest BCUT2D eigenvalue weighted by Gasteiger charge is 2.34. The highest BCUT2D eigenvalue weighted by atomic mass is 16.5. The van der Waals surface area contributed by atoms with Gasteiger partial charge in [0.25, 0.3) is 0 Å². The van der Waals surface area contributed by atoms with E-state index in [2.05, 4.69) is 33.2 Å². The summed E-state index contributed by atoms with van der Waals surface area (Å²) in [5, 5.41) is 3.61. The van der Waals surface area contributed by atoms with Gasteiger partial charge in [-0.05, 0) is 32.4 Å². The topological polar surface area (TPSA) is 53.5 Å². The molecule has 0 amide bonds. The zero-order valence-electron chi connectivity index (χ0n) is 14.6. The Balaban J connectivity index is 1.73. The Kier molecular flexibility index (Phi) is 5.33. The summed E-state index contributed by atoms with van der Waals surface area (Å²) < 4.78 is 5.77. The van der Waals surface area contributed by atoms with E-state index in [1.807, 2.05) is 19.0 Å². The third-order valence-corrected chi connectivity index (χ3v) is 4.77. The van der Waals surface area contributed by atoms with Crippen LogP contribution in [-0.2, 0) is 11.2 Å². The van der Waals surface area contributed by atoms with E-state index in [4.69, 9.17) is 4.74 Å². The molecule has 2 aliphatic heterocycles. The molecule has 128 valence electrons. The summed E-state index contributed by atoms with van der Waals surface area (Å²) in [7, 11) is 3.96. The smallest absolute Gasteiger partial charge is 0.226 e. The molecule has 23 heavy (non-hydrogen) atoms. The van der Waals surface area contributed by atoms with Crippen molar-refractivity contribution < 1.29 is 4.74 Å². The van der Waals surface area contributed by atoms with Crippen molar-refractivity contribution in [3.05, 3.63) is 11.8 Å². The number of anilines is 2. The fourth-order valence-electron chi connectivity index (χ4n) is 3.42. The summed E-state index contributed by atoms with van der Waals surface area (Å²) in [4.78, 5) is 13.8. The van der Waals surface area contributed by atoms with E-state index in [9.17, 15) is 0 Å². The van der Waals surface area contributed by atoms with Gasteiger partial charge in [-0.1, -0.05) is 13.3 Å². The summed E-state index contributed by atoms with van der Waals surface area (Å²) in [6, 6.07) is 2.83. The van der Waals surface area contributed by atoms with Crippen molar-refractivity contribution in [1.82, 2.24) is 14.9 Å². The average Bonchev–Trinajstić information content (AvgIpc) is 3.03. The van der Waals surface area contributed by atoms with Gasteiger partial charge >= 0.3 is 0 Å². The molecule has 0 saturated carbocycles. The summed E-state index contributed by atoms with van der Waals surface area (Å²) in [5.74, 6) is 1.68. The van der Waals surface area contributed by atoms with Crippen molar-refractivity contribution in [1.29, 1.82) is 0 Å². The molecular formula is C17H29N5O. The third kappa shape index (κ3) is 3.93. The number of hydrogen-bond donors (Lipinski definition) is 1. The second kappa shape index (κ2) is 7.45. The quantitative estimate of drug-likeness (QED) is 0.893. The second-order valence-corrected chi connectivity index (χ2v) is 6.74. The van der Waals surface area contributed by atoms with Crippen molar-refractivity contribution >= 4 is 11.8 Å². The molecular weight excluding hydrogens is 290 g/mol. The largest absolute Gasteiger partial charge is 0.378 e. The van der Waals surface area contributed by atoms with Crippen molar-refractivity contribution in [2.24, 2.45) is 0 Å². The number of nitrogens with zero attached hydrogens (tertiary/aromatic N) is 4. The molecule has 2 saturated heterocycles. The van der Waals surface area contributed by atoms with Crippen LogP contribution in [0.25, 0.3) is 0 Å². The predicted octanol–water partition coefficient (Wildman–Crippen LogP) is 1.77. The number of likely N-dealkylation sites (tertiary alicyclic amines) is 1. The lowest BCUT2D eigenvalue weighted by molar-refractivity contribution is 0.127. The van der Waals surface area contributed by atoms with Gasteiger partial charge in [0.2, 0.25) is 5.95 Å². The fourth-order valence-corrected chi connectivity index (χ4v) is 3.42. The molecule has 2 atom stereocenters. The minimum absolute atomic E-state index is 0.308. The van der Waals surface area contributed by atoms with Crippen LogP contribution < -0.4 is 10.2 Å². The molecule has 0 spiro atoms. The van der Waals surface area contributed by atoms with Crippen LogP contribution in [0.4, 0.5) is 11.8 Å². The maximum atomic E-state index is 5.77. The second-order valence-electron chi connectivity index (χ2n) is 6.74. The maximum absolute atomic E-state index is 5.77. The highest BCUT2D eigenvalue weighted by Crippen LogP contribution is 2.22. The van der Waals surface area contributed by atoms with E-state index >= 15 is 0 Å². The molecule has 0 aliphatic carbocycles. The van der Waals surface area contributed by atoms with E-state index in [1.54, 1.807) is 0 Å². The molecule has 6 heteroatoms. The molecule has 0 bridgehead atoms. The summed E-state index contributed by atoms with van der Waals surface area (Å²) in [6.07, 6.45) is 4.89. The van der Waals surface area contributed by atoms with E-state index in [0.29, 0.717) is 12.1 Å². The Morgan fingerprint density at radius 2 is 2.00 bits per heavy atom. The summed E-state index contributed by atoms with van der Waals surface area (Å²) in [6.45, 7) is 6.09. The number of piperidine rings is 1. The van der Waals surface area contributed by atoms with Crippen LogP contribution in [0.5, 0.6) is 0 Å². The minimum atomic E-state index is 0.308. The Bertz CT molecular complexity index is 516. The zero-order valence-corrected chi connectivity index (χ0v) is 14.6. The van der Waals surface area contributed by atoms with Crippen molar-refractivity contribution in [2.75, 3.05) is 50.6 Å². The van der Waals surface area contributed by atoms with E-state index in [1.165, 1.54) is 32.4 Å². The molecule has 0 aromatic carbocycles. The molecule has 3 heterocycles. The SMILES string of the molecule is CCc1cc(N[C@H]2COC[C@@H]2N2CCCCC2)nc(N(C)C)n1. The van der Waals surface area contributed by atoms with Crippen molar-refractivity contribution in [3.8, 4) is 0 Å². The lowest BCUT2D eigenvalue weighted by atomic mass is 10.0. The van der Waals surface area contributed by atoms with Gasteiger partial charge in [0.1, 0.15) is 5.82 Å². The Hall–Kier alpha value is -1.40. The van der Waals surface area contributed by atoms with E-state index in [-0.39, 0.29) is 0 Å². The van der Waals surface area contributed by atoms with Crippen LogP contribution in [-0.4, -0.2) is 67.4 Å². The lowest BCUT2D eigenvalue weighted by Crippen LogP contribution is -2.48. The highest BCUT2D eigenvalue weighted by molar-refractivity contribution is 5.44. The third-order valence-electron chi connectivity index (χ3n) is 4.77. The van der Waals surface area contributed by atoms with Gasteiger partial charge in [0.15, 0.2) is 0 Å². The molecule has 0 radical (unpaired) electrons. The predicted molar refractivity (Wildman–Crippen MR) is 93.2 cm³/mol. The maximum Gasteiger partial charge on any atom is 0.226 e. The molecule has 1 aromatic heterocycles. The van der Waals surface area contributed by atoms with Gasteiger partial charge in [-0.15, -0.1) is 0 Å². The molecule has 3 rings (SSSR count). The van der Waals surface area contributed by atoms with Crippen LogP contribution >= 0.6 is 0 Å². The molecule has 2 fully saturated rings. The van der Waals surface area contributed by atoms with Crippen LogP contribution in [0.3, 0.4) is 0 Å². The zero-order chi connectivity index (χ0) is 16.2. The van der Waals surface area contributed by atoms with Gasteiger partial charge in [0.05, 0.1) is 25.3 Å². The van der Waals surface area contributed by atoms with Gasteiger partial charge in [-0.25, -0.2) is 4.98 Å². The van der Waals surface area contributed by atoms with E-state index in [0.717, 1.165) is 37.1 Å². The first-order valence-electron chi connectivity index (χ1n) is 8.81. The Labute approximate surface area is 139 Å². The molecule has 1 N–H and O–H groups in total. The molecule has 1 aromatic rings. The van der Waals surface area contributed by atoms with Crippen molar-refractivity contribution in [3.63, 3.8) is 0 Å². The standard InChI is InChI=1S/C17H29N5O/c1-4-13-10-16(20-17(18-13)21(2)3)19-14-11-23-12-15(14)22-8-6-5-7-9-22/h10,14-15H,4-9,11-12H2,1-3H3,(H,18,19,20)/t14-,15-/m0/s1. The van der Waals surface area contributed by atoms with E-state index < -0.39 is 0 Å². The normalized spacial score (nSPS) is 25.5. The van der Waals surface area contributed by atoms with Gasteiger partial charge in [-0.2, -0.15) is 4.98 Å². The lowest BCUT2D eigenvalue weighted by Gasteiger charge is -2.34. The molecule has 2 aliphatic rings. The minimum Gasteiger partial charge on any atom is -0.378 e. The Morgan fingerprint density at radius 1 is 1.22 bits per heavy atom. The number of aromatic nitrogens is 2. The van der Waals surface area contributed by atoms with Gasteiger partial charge in [0, 0.05) is 25.9 Å². The van der Waals surface area contributed by atoms with Gasteiger partial charge < -0.3 is 15.0 Å². The van der Waals surface area contributed by atoms with Crippen LogP contribution in [0, 0.1) is 0 Å². The van der Waals surface area contributed by atoms with Crippen LogP contribution in [0.15, 0.2) is 6.07 Å². The first-order chi connectivity index (χ1) is 11.2. The average molecular weight is 319 g/mol. The van der Waals surface area contributed by atoms with Gasteiger partial charge in [-0.3, -0.25) is 4.90 Å². The number of nitrogens with one attached hydrogen (secondary N) is 1. The van der Waals surface area contributed by atoms with Crippen LogP contribution in [0.2, 0.25) is 0 Å². The number of hydrogen-bond acceptors (Lipinski definition) is 6. The molecule has 0 unspecified atom stereocenters. The number of aryl methyl sites for hydroxylation is 1. The number of rotatable bonds is 5. The first kappa shape index (κ1) is 16.5. The molecule has 6 nitrogen and oxygen atoms in total. The summed E-state index contributed by atoms with van der Waals surface area (Å²) >= 11 is 0. The van der Waals surface area contributed by atoms with Crippen molar-refractivity contribution in [2.45, 2.75) is 44.7 Å². The monoisotopic (exact) mass is 319 g/mol.